The molecular formula is C33H36Cl2FN5O4. The molecule has 3 aromatic carbocycles. The molecule has 2 saturated heterocycles. The summed E-state index contributed by atoms with van der Waals surface area (Å²) in [5, 5.41) is 5.35. The Bertz CT molecular complexity index is 1670. The van der Waals surface area contributed by atoms with E-state index in [9.17, 15) is 4.79 Å². The van der Waals surface area contributed by atoms with Crippen molar-refractivity contribution in [2.75, 3.05) is 49.2 Å². The number of anilines is 2. The lowest BCUT2D eigenvalue weighted by atomic mass is 10.2. The van der Waals surface area contributed by atoms with Crippen LogP contribution in [0.25, 0.3) is 5.69 Å². The molecule has 0 spiro atoms. The number of benzene rings is 3. The van der Waals surface area contributed by atoms with Gasteiger partial charge in [0.15, 0.2) is 6.29 Å². The molecule has 2 aliphatic heterocycles. The lowest BCUT2D eigenvalue weighted by Crippen LogP contribution is -2.46. The van der Waals surface area contributed by atoms with E-state index >= 15 is 4.39 Å². The van der Waals surface area contributed by atoms with Crippen LogP contribution in [-0.2, 0) is 9.47 Å². The summed E-state index contributed by atoms with van der Waals surface area (Å²) < 4.78 is 35.9. The van der Waals surface area contributed by atoms with Crippen molar-refractivity contribution in [3.8, 4) is 11.4 Å². The van der Waals surface area contributed by atoms with E-state index in [0.29, 0.717) is 46.7 Å². The highest BCUT2D eigenvalue weighted by molar-refractivity contribution is 6.35. The van der Waals surface area contributed by atoms with E-state index in [1.807, 2.05) is 29.2 Å². The zero-order valence-corrected chi connectivity index (χ0v) is 26.8. The van der Waals surface area contributed by atoms with Gasteiger partial charge < -0.3 is 24.0 Å². The summed E-state index contributed by atoms with van der Waals surface area (Å²) in [4.78, 5) is 17.2. The highest BCUT2D eigenvalue weighted by Crippen LogP contribution is 2.34. The maximum absolute atomic E-state index is 15.2. The molecule has 0 aliphatic carbocycles. The van der Waals surface area contributed by atoms with Gasteiger partial charge >= 0.3 is 5.69 Å². The van der Waals surface area contributed by atoms with Gasteiger partial charge in [0.2, 0.25) is 0 Å². The lowest BCUT2D eigenvalue weighted by molar-refractivity contribution is -0.0658. The fourth-order valence-corrected chi connectivity index (χ4v) is 6.32. The first kappa shape index (κ1) is 31.4. The minimum atomic E-state index is -0.604. The Morgan fingerprint density at radius 2 is 1.67 bits per heavy atom. The molecule has 2 aliphatic rings. The van der Waals surface area contributed by atoms with Crippen LogP contribution < -0.4 is 20.2 Å². The maximum atomic E-state index is 15.2. The first-order valence-electron chi connectivity index (χ1n) is 15.3. The minimum Gasteiger partial charge on any atom is -0.491 e. The van der Waals surface area contributed by atoms with Crippen molar-refractivity contribution < 1.29 is 18.6 Å². The van der Waals surface area contributed by atoms with Crippen LogP contribution in [0.15, 0.2) is 71.8 Å². The fraction of sp³-hybridized carbons (Fsp3) is 0.394. The van der Waals surface area contributed by atoms with Crippen LogP contribution in [0.3, 0.4) is 0 Å². The van der Waals surface area contributed by atoms with Gasteiger partial charge in [-0.2, -0.15) is 5.10 Å². The van der Waals surface area contributed by atoms with Crippen LogP contribution in [0, 0.1) is 5.82 Å². The van der Waals surface area contributed by atoms with E-state index in [-0.39, 0.29) is 30.3 Å². The van der Waals surface area contributed by atoms with Crippen molar-refractivity contribution in [1.82, 2.24) is 14.3 Å². The van der Waals surface area contributed by atoms with Crippen molar-refractivity contribution >= 4 is 34.6 Å². The van der Waals surface area contributed by atoms with Gasteiger partial charge in [0.25, 0.3) is 0 Å². The standard InChI is InChI=1S/C33H36Cl2FN5O4/c1-3-23(4-2)41-33(42)40(21-37-41)25-8-6-24(7-9-25)38-13-15-39(16-14-38)31-12-10-26(18-30(31)36)43-19-27-20-44-32(45-27)28-11-5-22(34)17-29(28)35/h5-12,17-18,21,23,27,32H,3-4,13-16,19-20H2,1-2H3/t27-,32-/m1/s1. The summed E-state index contributed by atoms with van der Waals surface area (Å²) in [6, 6.07) is 18.1. The van der Waals surface area contributed by atoms with Gasteiger partial charge in [-0.1, -0.05) is 43.1 Å². The summed E-state index contributed by atoms with van der Waals surface area (Å²) in [5.41, 5.74) is 2.96. The molecule has 2 fully saturated rings. The summed E-state index contributed by atoms with van der Waals surface area (Å²) >= 11 is 12.3. The monoisotopic (exact) mass is 655 g/mol. The number of rotatable bonds is 10. The summed E-state index contributed by atoms with van der Waals surface area (Å²) in [7, 11) is 0. The third-order valence-corrected chi connectivity index (χ3v) is 8.98. The number of aromatic nitrogens is 3. The van der Waals surface area contributed by atoms with Gasteiger partial charge in [-0.25, -0.2) is 18.4 Å². The SMILES string of the molecule is CCC(CC)n1ncn(-c2ccc(N3CCN(c4ccc(OC[C@@H]5CO[C@@H](c6ccc(Cl)cc6Cl)O5)cc4F)CC3)cc2)c1=O. The molecule has 0 unspecified atom stereocenters. The van der Waals surface area contributed by atoms with Gasteiger partial charge in [0, 0.05) is 48.5 Å². The maximum Gasteiger partial charge on any atom is 0.350 e. The van der Waals surface area contributed by atoms with Crippen LogP contribution in [0.1, 0.15) is 44.6 Å². The number of nitrogens with zero attached hydrogens (tertiary/aromatic N) is 5. The van der Waals surface area contributed by atoms with E-state index < -0.39 is 6.29 Å². The van der Waals surface area contributed by atoms with Crippen LogP contribution in [0.2, 0.25) is 10.0 Å². The summed E-state index contributed by atoms with van der Waals surface area (Å²) in [6.07, 6.45) is 2.38. The number of piperazine rings is 1. The summed E-state index contributed by atoms with van der Waals surface area (Å²) in [5.74, 6) is 0.0928. The van der Waals surface area contributed by atoms with Crippen LogP contribution in [0.4, 0.5) is 15.8 Å². The number of hydrogen-bond acceptors (Lipinski definition) is 7. The zero-order valence-electron chi connectivity index (χ0n) is 25.2. The second-order valence-corrected chi connectivity index (χ2v) is 12.0. The molecule has 0 N–H and O–H groups in total. The Labute approximate surface area is 271 Å². The molecule has 0 saturated carbocycles. The zero-order chi connectivity index (χ0) is 31.5. The van der Waals surface area contributed by atoms with Crippen LogP contribution >= 0.6 is 23.2 Å². The molecule has 238 valence electrons. The third-order valence-electron chi connectivity index (χ3n) is 8.42. The minimum absolute atomic E-state index is 0.0967. The Morgan fingerprint density at radius 1 is 0.956 bits per heavy atom. The average Bonchev–Trinajstić information content (AvgIpc) is 3.68. The molecule has 4 aromatic rings. The van der Waals surface area contributed by atoms with Crippen molar-refractivity contribution in [3.05, 3.63) is 98.9 Å². The molecular weight excluding hydrogens is 620 g/mol. The van der Waals surface area contributed by atoms with Crippen LogP contribution in [0.5, 0.6) is 5.75 Å². The molecule has 0 amide bonds. The van der Waals surface area contributed by atoms with E-state index in [0.717, 1.165) is 37.3 Å². The second kappa shape index (κ2) is 13.8. The van der Waals surface area contributed by atoms with E-state index in [4.69, 9.17) is 37.4 Å². The highest BCUT2D eigenvalue weighted by atomic mass is 35.5. The van der Waals surface area contributed by atoms with E-state index in [1.54, 1.807) is 45.9 Å². The van der Waals surface area contributed by atoms with Gasteiger partial charge in [-0.05, 0) is 61.4 Å². The predicted octanol–water partition coefficient (Wildman–Crippen LogP) is 6.66. The normalized spacial score (nSPS) is 18.6. The van der Waals surface area contributed by atoms with E-state index in [2.05, 4.69) is 23.8 Å². The van der Waals surface area contributed by atoms with E-state index in [1.165, 1.54) is 6.07 Å². The van der Waals surface area contributed by atoms with Gasteiger partial charge in [0.1, 0.15) is 30.6 Å². The molecule has 1 aromatic heterocycles. The number of hydrogen-bond donors (Lipinski definition) is 0. The quantitative estimate of drug-likeness (QED) is 0.189. The Morgan fingerprint density at radius 3 is 2.36 bits per heavy atom. The van der Waals surface area contributed by atoms with Crippen molar-refractivity contribution in [3.63, 3.8) is 0 Å². The Balaban J connectivity index is 1.01. The molecule has 45 heavy (non-hydrogen) atoms. The largest absolute Gasteiger partial charge is 0.491 e. The molecule has 3 heterocycles. The molecule has 2 atom stereocenters. The molecule has 6 rings (SSSR count). The third kappa shape index (κ3) is 6.84. The van der Waals surface area contributed by atoms with Crippen LogP contribution in [-0.4, -0.2) is 59.8 Å². The Hall–Kier alpha value is -3.57. The topological polar surface area (TPSA) is 74.0 Å². The second-order valence-electron chi connectivity index (χ2n) is 11.2. The fourth-order valence-electron chi connectivity index (χ4n) is 5.82. The number of ether oxygens (including phenoxy) is 3. The van der Waals surface area contributed by atoms with Gasteiger partial charge in [0.05, 0.1) is 29.0 Å². The van der Waals surface area contributed by atoms with Crippen molar-refractivity contribution in [1.29, 1.82) is 0 Å². The van der Waals surface area contributed by atoms with Gasteiger partial charge in [-0.15, -0.1) is 0 Å². The number of halogens is 3. The first-order chi connectivity index (χ1) is 21.8. The van der Waals surface area contributed by atoms with Gasteiger partial charge in [-0.3, -0.25) is 0 Å². The predicted molar refractivity (Wildman–Crippen MR) is 174 cm³/mol. The average molecular weight is 657 g/mol. The summed E-state index contributed by atoms with van der Waals surface area (Å²) in [6.45, 7) is 7.48. The highest BCUT2D eigenvalue weighted by Gasteiger charge is 2.29. The molecule has 0 bridgehead atoms. The van der Waals surface area contributed by atoms with Crippen molar-refractivity contribution in [2.24, 2.45) is 0 Å². The Kier molecular flexibility index (Phi) is 9.65. The molecule has 9 nitrogen and oxygen atoms in total. The first-order valence-corrected chi connectivity index (χ1v) is 16.0. The lowest BCUT2D eigenvalue weighted by Gasteiger charge is -2.37. The molecule has 0 radical (unpaired) electrons. The van der Waals surface area contributed by atoms with Crippen molar-refractivity contribution in [2.45, 2.75) is 45.1 Å². The smallest absolute Gasteiger partial charge is 0.350 e. The molecule has 12 heteroatoms.